The van der Waals surface area contributed by atoms with Crippen LogP contribution in [0.1, 0.15) is 37.1 Å². The molecule has 1 aliphatic rings. The van der Waals surface area contributed by atoms with Crippen LogP contribution < -0.4 is 5.32 Å². The number of nitrogens with one attached hydrogen (secondary N) is 1. The molecule has 2 heterocycles. The Kier molecular flexibility index (Phi) is 8.98. The van der Waals surface area contributed by atoms with E-state index in [1.165, 1.54) is 36.6 Å². The van der Waals surface area contributed by atoms with Gasteiger partial charge in [0.15, 0.2) is 5.16 Å². The summed E-state index contributed by atoms with van der Waals surface area (Å²) >= 11 is 1.45. The van der Waals surface area contributed by atoms with Crippen molar-refractivity contribution in [1.29, 1.82) is 0 Å². The van der Waals surface area contributed by atoms with Crippen molar-refractivity contribution in [2.75, 3.05) is 39.1 Å². The van der Waals surface area contributed by atoms with Gasteiger partial charge in [-0.25, -0.2) is 0 Å². The minimum Gasteiger partial charge on any atom is -0.385 e. The first-order valence-corrected chi connectivity index (χ1v) is 11.3. The summed E-state index contributed by atoms with van der Waals surface area (Å²) in [7, 11) is 1.67. The zero-order chi connectivity index (χ0) is 20.3. The van der Waals surface area contributed by atoms with Crippen LogP contribution in [0.5, 0.6) is 0 Å². The minimum atomic E-state index is 0.0120. The van der Waals surface area contributed by atoms with E-state index in [4.69, 9.17) is 4.74 Å². The molecule has 0 saturated carbocycles. The van der Waals surface area contributed by atoms with Gasteiger partial charge in [0.1, 0.15) is 5.82 Å². The SMILES string of the molecule is COCCCNC(=O)CSc1nnc(CN2CCCCC2)n1Cc1ccccc1. The molecule has 1 aliphatic heterocycles. The van der Waals surface area contributed by atoms with Crippen molar-refractivity contribution < 1.29 is 9.53 Å². The molecule has 1 amide bonds. The minimum absolute atomic E-state index is 0.0120. The maximum Gasteiger partial charge on any atom is 0.230 e. The van der Waals surface area contributed by atoms with E-state index in [1.54, 1.807) is 7.11 Å². The Hall–Kier alpha value is -1.90. The van der Waals surface area contributed by atoms with Gasteiger partial charge in [-0.05, 0) is 37.9 Å². The van der Waals surface area contributed by atoms with Crippen molar-refractivity contribution in [1.82, 2.24) is 25.0 Å². The highest BCUT2D eigenvalue weighted by Gasteiger charge is 2.18. The number of rotatable bonds is 11. The van der Waals surface area contributed by atoms with Crippen LogP contribution in [0.2, 0.25) is 0 Å². The second-order valence-electron chi connectivity index (χ2n) is 7.29. The number of ether oxygens (including phenoxy) is 1. The Bertz CT molecular complexity index is 747. The maximum absolute atomic E-state index is 12.1. The number of amides is 1. The summed E-state index contributed by atoms with van der Waals surface area (Å²) in [5.41, 5.74) is 1.21. The molecule has 7 nitrogen and oxygen atoms in total. The zero-order valence-electron chi connectivity index (χ0n) is 17.2. The van der Waals surface area contributed by atoms with Gasteiger partial charge in [0, 0.05) is 20.3 Å². The smallest absolute Gasteiger partial charge is 0.230 e. The number of methoxy groups -OCH3 is 1. The van der Waals surface area contributed by atoms with Crippen molar-refractivity contribution in [2.45, 2.75) is 43.9 Å². The van der Waals surface area contributed by atoms with Crippen LogP contribution >= 0.6 is 11.8 Å². The van der Waals surface area contributed by atoms with E-state index in [-0.39, 0.29) is 5.91 Å². The van der Waals surface area contributed by atoms with Crippen LogP contribution in [-0.4, -0.2) is 64.7 Å². The lowest BCUT2D eigenvalue weighted by molar-refractivity contribution is -0.118. The highest BCUT2D eigenvalue weighted by Crippen LogP contribution is 2.21. The number of nitrogens with zero attached hydrogens (tertiary/aromatic N) is 4. The standard InChI is InChI=1S/C21H31N5O2S/c1-28-14-8-11-22-20(27)17-29-21-24-23-19(16-25-12-6-3-7-13-25)26(21)15-18-9-4-2-5-10-18/h2,4-5,9-10H,3,6-8,11-17H2,1H3,(H,22,27). The van der Waals surface area contributed by atoms with Crippen molar-refractivity contribution in [3.63, 3.8) is 0 Å². The average Bonchev–Trinajstić information content (AvgIpc) is 3.12. The highest BCUT2D eigenvalue weighted by molar-refractivity contribution is 7.99. The van der Waals surface area contributed by atoms with E-state index >= 15 is 0 Å². The lowest BCUT2D eigenvalue weighted by Crippen LogP contribution is -2.30. The second-order valence-corrected chi connectivity index (χ2v) is 8.23. The number of piperidine rings is 1. The molecule has 0 spiro atoms. The molecule has 0 bridgehead atoms. The molecule has 0 aliphatic carbocycles. The lowest BCUT2D eigenvalue weighted by atomic mass is 10.1. The Morgan fingerprint density at radius 1 is 1.14 bits per heavy atom. The predicted octanol–water partition coefficient (Wildman–Crippen LogP) is 2.56. The van der Waals surface area contributed by atoms with E-state index in [1.807, 2.05) is 18.2 Å². The maximum atomic E-state index is 12.1. The summed E-state index contributed by atoms with van der Waals surface area (Å²) in [6.07, 6.45) is 4.63. The van der Waals surface area contributed by atoms with E-state index in [9.17, 15) is 4.79 Å². The van der Waals surface area contributed by atoms with E-state index in [0.29, 0.717) is 18.9 Å². The van der Waals surface area contributed by atoms with E-state index < -0.39 is 0 Å². The normalized spacial score (nSPS) is 14.8. The molecular weight excluding hydrogens is 386 g/mol. The monoisotopic (exact) mass is 417 g/mol. The number of aromatic nitrogens is 3. The van der Waals surface area contributed by atoms with Gasteiger partial charge in [-0.3, -0.25) is 9.69 Å². The first-order chi connectivity index (χ1) is 14.3. The molecule has 2 aromatic rings. The molecule has 0 radical (unpaired) electrons. The van der Waals surface area contributed by atoms with E-state index in [2.05, 4.69) is 37.1 Å². The molecule has 29 heavy (non-hydrogen) atoms. The largest absolute Gasteiger partial charge is 0.385 e. The number of carbonyl (C=O) groups is 1. The fraction of sp³-hybridized carbons (Fsp3) is 0.571. The first-order valence-electron chi connectivity index (χ1n) is 10.3. The topological polar surface area (TPSA) is 72.3 Å². The van der Waals surface area contributed by atoms with Crippen LogP contribution in [-0.2, 0) is 22.6 Å². The summed E-state index contributed by atoms with van der Waals surface area (Å²) in [6, 6.07) is 10.3. The molecule has 1 N–H and O–H groups in total. The third kappa shape index (κ3) is 7.13. The van der Waals surface area contributed by atoms with Crippen LogP contribution in [0.25, 0.3) is 0 Å². The molecule has 1 fully saturated rings. The van der Waals surface area contributed by atoms with Gasteiger partial charge in [-0.1, -0.05) is 48.5 Å². The van der Waals surface area contributed by atoms with Gasteiger partial charge in [0.2, 0.25) is 5.91 Å². The lowest BCUT2D eigenvalue weighted by Gasteiger charge is -2.26. The number of benzene rings is 1. The number of hydrogen-bond acceptors (Lipinski definition) is 6. The second kappa shape index (κ2) is 11.9. The van der Waals surface area contributed by atoms with Gasteiger partial charge in [-0.15, -0.1) is 10.2 Å². The van der Waals surface area contributed by atoms with Crippen molar-refractivity contribution in [2.24, 2.45) is 0 Å². The van der Waals surface area contributed by atoms with Gasteiger partial charge < -0.3 is 14.6 Å². The molecule has 8 heteroatoms. The van der Waals surface area contributed by atoms with Crippen molar-refractivity contribution in [3.05, 3.63) is 41.7 Å². The molecule has 158 valence electrons. The third-order valence-electron chi connectivity index (χ3n) is 4.97. The Balaban J connectivity index is 1.64. The quantitative estimate of drug-likeness (QED) is 0.448. The molecular formula is C21H31N5O2S. The summed E-state index contributed by atoms with van der Waals surface area (Å²) in [5.74, 6) is 1.32. The number of likely N-dealkylation sites (tertiary alicyclic amines) is 1. The fourth-order valence-corrected chi connectivity index (χ4v) is 4.20. The summed E-state index contributed by atoms with van der Waals surface area (Å²) in [4.78, 5) is 14.6. The summed E-state index contributed by atoms with van der Waals surface area (Å²) in [5, 5.41) is 12.6. The average molecular weight is 418 g/mol. The van der Waals surface area contributed by atoms with Gasteiger partial charge in [-0.2, -0.15) is 0 Å². The molecule has 3 rings (SSSR count). The number of carbonyl (C=O) groups excluding carboxylic acids is 1. The van der Waals surface area contributed by atoms with Crippen molar-refractivity contribution in [3.8, 4) is 0 Å². The Labute approximate surface area is 177 Å². The molecule has 1 aromatic heterocycles. The summed E-state index contributed by atoms with van der Waals surface area (Å²) < 4.78 is 7.17. The van der Waals surface area contributed by atoms with Crippen LogP contribution in [0.15, 0.2) is 35.5 Å². The van der Waals surface area contributed by atoms with Crippen LogP contribution in [0.3, 0.4) is 0 Å². The van der Waals surface area contributed by atoms with Crippen LogP contribution in [0, 0.1) is 0 Å². The molecule has 0 atom stereocenters. The zero-order valence-corrected chi connectivity index (χ0v) is 18.0. The van der Waals surface area contributed by atoms with Gasteiger partial charge in [0.05, 0.1) is 18.8 Å². The predicted molar refractivity (Wildman–Crippen MR) is 115 cm³/mol. The molecule has 0 unspecified atom stereocenters. The fourth-order valence-electron chi connectivity index (χ4n) is 3.41. The van der Waals surface area contributed by atoms with Gasteiger partial charge >= 0.3 is 0 Å². The van der Waals surface area contributed by atoms with Gasteiger partial charge in [0.25, 0.3) is 0 Å². The Morgan fingerprint density at radius 2 is 1.93 bits per heavy atom. The van der Waals surface area contributed by atoms with E-state index in [0.717, 1.165) is 43.6 Å². The highest BCUT2D eigenvalue weighted by atomic mass is 32.2. The Morgan fingerprint density at radius 3 is 2.69 bits per heavy atom. The summed E-state index contributed by atoms with van der Waals surface area (Å²) in [6.45, 7) is 5.04. The molecule has 1 saturated heterocycles. The number of hydrogen-bond donors (Lipinski definition) is 1. The molecule has 1 aromatic carbocycles. The van der Waals surface area contributed by atoms with Crippen LogP contribution in [0.4, 0.5) is 0 Å². The third-order valence-corrected chi connectivity index (χ3v) is 5.94. The van der Waals surface area contributed by atoms with Crippen molar-refractivity contribution >= 4 is 17.7 Å². The first kappa shape index (κ1) is 21.8. The number of thioether (sulfide) groups is 1.